The second kappa shape index (κ2) is 6.37. The summed E-state index contributed by atoms with van der Waals surface area (Å²) >= 11 is 7.07. The van der Waals surface area contributed by atoms with Crippen LogP contribution < -0.4 is 0 Å². The molecule has 0 aliphatic rings. The van der Waals surface area contributed by atoms with Gasteiger partial charge in [-0.2, -0.15) is 0 Å². The van der Waals surface area contributed by atoms with Gasteiger partial charge in [0.2, 0.25) is 0 Å². The molecule has 20 heavy (non-hydrogen) atoms. The number of carboxylic acid groups (broad SMARTS) is 1. The van der Waals surface area contributed by atoms with Crippen LogP contribution in [0, 0.1) is 0 Å². The van der Waals surface area contributed by atoms with E-state index in [1.807, 2.05) is 0 Å². The number of carboxylic acids is 1. The van der Waals surface area contributed by atoms with Crippen LogP contribution in [0.15, 0.2) is 23.1 Å². The highest BCUT2D eigenvalue weighted by atomic mass is 35.5. The van der Waals surface area contributed by atoms with E-state index in [2.05, 4.69) is 0 Å². The number of sulfone groups is 1. The van der Waals surface area contributed by atoms with Crippen molar-refractivity contribution in [3.8, 4) is 0 Å². The van der Waals surface area contributed by atoms with Crippen LogP contribution in [0.5, 0.6) is 0 Å². The minimum absolute atomic E-state index is 0.0235. The normalized spacial score (nSPS) is 12.4. The molecule has 0 aromatic heterocycles. The summed E-state index contributed by atoms with van der Waals surface area (Å²) in [5, 5.41) is 9.13. The SMILES string of the molecule is CC(C)(C)S(=O)(=O)CCSc1ccc(Cl)c(C(=O)O)c1. The fraction of sp³-hybridized carbons (Fsp3) is 0.462. The van der Waals surface area contributed by atoms with Gasteiger partial charge in [-0.3, -0.25) is 0 Å². The molecule has 0 spiro atoms. The Kier molecular flexibility index (Phi) is 5.52. The quantitative estimate of drug-likeness (QED) is 0.835. The molecule has 1 rings (SSSR count). The van der Waals surface area contributed by atoms with Crippen molar-refractivity contribution in [1.29, 1.82) is 0 Å². The van der Waals surface area contributed by atoms with Gasteiger partial charge in [-0.25, -0.2) is 13.2 Å². The molecule has 7 heteroatoms. The van der Waals surface area contributed by atoms with Gasteiger partial charge in [0.05, 0.1) is 21.1 Å². The maximum atomic E-state index is 11.9. The summed E-state index contributed by atoms with van der Waals surface area (Å²) in [6.45, 7) is 4.99. The average molecular weight is 337 g/mol. The van der Waals surface area contributed by atoms with E-state index in [9.17, 15) is 13.2 Å². The van der Waals surface area contributed by atoms with E-state index in [4.69, 9.17) is 16.7 Å². The molecular formula is C13H17ClO4S2. The predicted octanol–water partition coefficient (Wildman–Crippen LogP) is 3.34. The van der Waals surface area contributed by atoms with Gasteiger partial charge in [0, 0.05) is 10.6 Å². The van der Waals surface area contributed by atoms with Crippen molar-refractivity contribution in [3.05, 3.63) is 28.8 Å². The predicted molar refractivity (Wildman–Crippen MR) is 82.7 cm³/mol. The molecule has 1 aromatic carbocycles. The van der Waals surface area contributed by atoms with Crippen LogP contribution in [0.4, 0.5) is 0 Å². The van der Waals surface area contributed by atoms with E-state index in [1.54, 1.807) is 26.8 Å². The Morgan fingerprint density at radius 1 is 1.35 bits per heavy atom. The molecule has 0 heterocycles. The van der Waals surface area contributed by atoms with Crippen molar-refractivity contribution in [2.45, 2.75) is 30.4 Å². The summed E-state index contributed by atoms with van der Waals surface area (Å²) in [5.41, 5.74) is 0.0235. The third-order valence-corrected chi connectivity index (χ3v) is 6.91. The fourth-order valence-corrected chi connectivity index (χ4v) is 3.96. The average Bonchev–Trinajstić information content (AvgIpc) is 2.29. The Morgan fingerprint density at radius 2 is 1.95 bits per heavy atom. The molecule has 0 saturated heterocycles. The fourth-order valence-electron chi connectivity index (χ4n) is 1.33. The van der Waals surface area contributed by atoms with E-state index >= 15 is 0 Å². The Morgan fingerprint density at radius 3 is 2.45 bits per heavy atom. The highest BCUT2D eigenvalue weighted by molar-refractivity contribution is 8.01. The highest BCUT2D eigenvalue weighted by Crippen LogP contribution is 2.26. The van der Waals surface area contributed by atoms with Gasteiger partial charge in [-0.1, -0.05) is 11.6 Å². The number of rotatable bonds is 5. The molecular weight excluding hydrogens is 320 g/mol. The third-order valence-electron chi connectivity index (χ3n) is 2.72. The third kappa shape index (κ3) is 4.40. The first-order chi connectivity index (χ1) is 9.04. The number of carbonyl (C=O) groups is 1. The minimum Gasteiger partial charge on any atom is -0.478 e. The number of aromatic carboxylic acids is 1. The lowest BCUT2D eigenvalue weighted by Gasteiger charge is -2.18. The number of hydrogen-bond donors (Lipinski definition) is 1. The van der Waals surface area contributed by atoms with Crippen LogP contribution >= 0.6 is 23.4 Å². The van der Waals surface area contributed by atoms with Crippen molar-refractivity contribution >= 4 is 39.2 Å². The second-order valence-corrected chi connectivity index (χ2v) is 9.66. The molecule has 0 aliphatic heterocycles. The van der Waals surface area contributed by atoms with Gasteiger partial charge in [0.25, 0.3) is 0 Å². The van der Waals surface area contributed by atoms with E-state index in [0.717, 1.165) is 0 Å². The van der Waals surface area contributed by atoms with Crippen molar-refractivity contribution < 1.29 is 18.3 Å². The molecule has 112 valence electrons. The van der Waals surface area contributed by atoms with Gasteiger partial charge in [0.15, 0.2) is 9.84 Å². The Balaban J connectivity index is 2.73. The first-order valence-corrected chi connectivity index (χ1v) is 8.94. The van der Waals surface area contributed by atoms with Gasteiger partial charge >= 0.3 is 5.97 Å². The zero-order valence-electron chi connectivity index (χ0n) is 11.5. The lowest BCUT2D eigenvalue weighted by molar-refractivity contribution is 0.0697. The molecule has 0 fully saturated rings. The number of benzene rings is 1. The number of thioether (sulfide) groups is 1. The summed E-state index contributed by atoms with van der Waals surface area (Å²) < 4.78 is 23.1. The molecule has 0 aliphatic carbocycles. The lowest BCUT2D eigenvalue weighted by atomic mass is 10.2. The zero-order chi connectivity index (χ0) is 15.6. The van der Waals surface area contributed by atoms with Crippen LogP contribution in [-0.2, 0) is 9.84 Å². The van der Waals surface area contributed by atoms with Crippen LogP contribution in [0.1, 0.15) is 31.1 Å². The highest BCUT2D eigenvalue weighted by Gasteiger charge is 2.28. The summed E-state index contributed by atoms with van der Waals surface area (Å²) in [5.74, 6) is -0.674. The summed E-state index contributed by atoms with van der Waals surface area (Å²) in [7, 11) is -3.17. The van der Waals surface area contributed by atoms with Crippen LogP contribution in [0.3, 0.4) is 0 Å². The van der Waals surface area contributed by atoms with E-state index in [1.165, 1.54) is 23.9 Å². The summed E-state index contributed by atoms with van der Waals surface area (Å²) in [6, 6.07) is 4.65. The maximum Gasteiger partial charge on any atom is 0.337 e. The Labute approximate surface area is 128 Å². The molecule has 0 amide bonds. The van der Waals surface area contributed by atoms with Crippen molar-refractivity contribution in [2.75, 3.05) is 11.5 Å². The van der Waals surface area contributed by atoms with E-state index in [-0.39, 0.29) is 16.3 Å². The van der Waals surface area contributed by atoms with Crippen LogP contribution in [0.25, 0.3) is 0 Å². The first-order valence-electron chi connectivity index (χ1n) is 5.92. The van der Waals surface area contributed by atoms with Crippen molar-refractivity contribution in [2.24, 2.45) is 0 Å². The Hall–Kier alpha value is -0.720. The van der Waals surface area contributed by atoms with Gasteiger partial charge in [-0.05, 0) is 39.0 Å². The molecule has 1 N–H and O–H groups in total. The summed E-state index contributed by atoms with van der Waals surface area (Å²) in [6.07, 6.45) is 0. The van der Waals surface area contributed by atoms with Crippen molar-refractivity contribution in [1.82, 2.24) is 0 Å². The number of hydrogen-bond acceptors (Lipinski definition) is 4. The van der Waals surface area contributed by atoms with Gasteiger partial charge in [-0.15, -0.1) is 11.8 Å². The van der Waals surface area contributed by atoms with Gasteiger partial charge in [0.1, 0.15) is 0 Å². The number of halogens is 1. The largest absolute Gasteiger partial charge is 0.478 e. The Bertz CT molecular complexity index is 603. The standard InChI is InChI=1S/C13H17ClO4S2/c1-13(2,3)20(17,18)7-6-19-9-4-5-11(14)10(8-9)12(15)16/h4-5,8H,6-7H2,1-3H3,(H,15,16). The summed E-state index contributed by atoms with van der Waals surface area (Å²) in [4.78, 5) is 11.6. The maximum absolute atomic E-state index is 11.9. The minimum atomic E-state index is -3.17. The molecule has 0 bridgehead atoms. The first kappa shape index (κ1) is 17.3. The lowest BCUT2D eigenvalue weighted by Crippen LogP contribution is -2.31. The molecule has 0 saturated carbocycles. The van der Waals surface area contributed by atoms with Crippen molar-refractivity contribution in [3.63, 3.8) is 0 Å². The van der Waals surface area contributed by atoms with Crippen LogP contribution in [0.2, 0.25) is 5.02 Å². The van der Waals surface area contributed by atoms with E-state index in [0.29, 0.717) is 10.6 Å². The smallest absolute Gasteiger partial charge is 0.337 e. The van der Waals surface area contributed by atoms with Gasteiger partial charge < -0.3 is 5.11 Å². The van der Waals surface area contributed by atoms with E-state index < -0.39 is 20.6 Å². The topological polar surface area (TPSA) is 71.4 Å². The second-order valence-electron chi connectivity index (χ2n) is 5.23. The molecule has 4 nitrogen and oxygen atoms in total. The zero-order valence-corrected chi connectivity index (χ0v) is 13.9. The molecule has 0 atom stereocenters. The molecule has 0 unspecified atom stereocenters. The monoisotopic (exact) mass is 336 g/mol. The van der Waals surface area contributed by atoms with Crippen LogP contribution in [-0.4, -0.2) is 35.7 Å². The molecule has 1 aromatic rings. The molecule has 0 radical (unpaired) electrons.